The van der Waals surface area contributed by atoms with Gasteiger partial charge in [-0.2, -0.15) is 0 Å². The van der Waals surface area contributed by atoms with Crippen LogP contribution < -0.4 is 10.6 Å². The summed E-state index contributed by atoms with van der Waals surface area (Å²) >= 11 is 0. The summed E-state index contributed by atoms with van der Waals surface area (Å²) in [7, 11) is 1.91. The van der Waals surface area contributed by atoms with Crippen molar-refractivity contribution in [3.63, 3.8) is 0 Å². The highest BCUT2D eigenvalue weighted by molar-refractivity contribution is 6.02. The molecular formula is C15H17N3O2. The highest BCUT2D eigenvalue weighted by Gasteiger charge is 2.10. The molecule has 0 aliphatic rings. The predicted molar refractivity (Wildman–Crippen MR) is 79.2 cm³/mol. The lowest BCUT2D eigenvalue weighted by molar-refractivity contribution is 0.318. The van der Waals surface area contributed by atoms with Crippen LogP contribution in [-0.2, 0) is 6.54 Å². The first-order valence-corrected chi connectivity index (χ1v) is 6.18. The van der Waals surface area contributed by atoms with Crippen molar-refractivity contribution in [1.29, 1.82) is 0 Å². The largest absolute Gasteiger partial charge is 0.508 e. The molecule has 0 heterocycles. The van der Waals surface area contributed by atoms with Gasteiger partial charge in [0.25, 0.3) is 0 Å². The van der Waals surface area contributed by atoms with Crippen molar-refractivity contribution >= 4 is 11.5 Å². The molecule has 0 bridgehead atoms. The fourth-order valence-corrected chi connectivity index (χ4v) is 2.09. The topological polar surface area (TPSA) is 82.1 Å². The Bertz CT molecular complexity index is 626. The molecule has 2 rings (SSSR count). The van der Waals surface area contributed by atoms with Gasteiger partial charge in [0.2, 0.25) is 0 Å². The van der Waals surface area contributed by atoms with Crippen LogP contribution in [0.25, 0.3) is 0 Å². The summed E-state index contributed by atoms with van der Waals surface area (Å²) < 4.78 is 0. The predicted octanol–water partition coefficient (Wildman–Crippen LogP) is 2.12. The number of anilines is 1. The SMILES string of the molecule is CN(Cc1cccc(O)c1)c1ccccc1/C(N)=N/O. The average molecular weight is 271 g/mol. The molecule has 0 radical (unpaired) electrons. The number of phenols is 1. The second-order valence-electron chi connectivity index (χ2n) is 4.53. The first kappa shape index (κ1) is 13.7. The molecule has 0 aliphatic heterocycles. The molecule has 0 amide bonds. The number of aromatic hydroxyl groups is 1. The van der Waals surface area contributed by atoms with E-state index in [4.69, 9.17) is 10.9 Å². The molecule has 0 saturated carbocycles. The smallest absolute Gasteiger partial charge is 0.172 e. The van der Waals surface area contributed by atoms with Crippen molar-refractivity contribution in [2.45, 2.75) is 6.54 Å². The van der Waals surface area contributed by atoms with E-state index < -0.39 is 0 Å². The van der Waals surface area contributed by atoms with Crippen LogP contribution in [0, 0.1) is 0 Å². The summed E-state index contributed by atoms with van der Waals surface area (Å²) in [6.07, 6.45) is 0. The zero-order chi connectivity index (χ0) is 14.5. The molecule has 20 heavy (non-hydrogen) atoms. The number of phenolic OH excluding ortho intramolecular Hbond substituents is 1. The van der Waals surface area contributed by atoms with E-state index in [0.29, 0.717) is 12.1 Å². The molecule has 0 atom stereocenters. The second kappa shape index (κ2) is 5.97. The Kier molecular flexibility index (Phi) is 4.10. The van der Waals surface area contributed by atoms with Gasteiger partial charge in [-0.25, -0.2) is 0 Å². The molecule has 5 heteroatoms. The number of nitrogens with two attached hydrogens (primary N) is 1. The third-order valence-electron chi connectivity index (χ3n) is 3.03. The summed E-state index contributed by atoms with van der Waals surface area (Å²) in [6, 6.07) is 14.5. The minimum atomic E-state index is 0.0726. The number of rotatable bonds is 4. The summed E-state index contributed by atoms with van der Waals surface area (Å²) in [6.45, 7) is 0.601. The third kappa shape index (κ3) is 3.00. The van der Waals surface area contributed by atoms with Crippen LogP contribution in [0.4, 0.5) is 5.69 Å². The minimum absolute atomic E-state index is 0.0726. The van der Waals surface area contributed by atoms with Gasteiger partial charge in [-0.1, -0.05) is 29.4 Å². The second-order valence-corrected chi connectivity index (χ2v) is 4.53. The minimum Gasteiger partial charge on any atom is -0.508 e. The third-order valence-corrected chi connectivity index (χ3v) is 3.03. The Labute approximate surface area is 117 Å². The monoisotopic (exact) mass is 271 g/mol. The average Bonchev–Trinajstić information content (AvgIpc) is 2.46. The van der Waals surface area contributed by atoms with E-state index in [0.717, 1.165) is 11.3 Å². The van der Waals surface area contributed by atoms with Crippen molar-refractivity contribution in [2.75, 3.05) is 11.9 Å². The molecule has 2 aromatic carbocycles. The lowest BCUT2D eigenvalue weighted by Crippen LogP contribution is -2.22. The van der Waals surface area contributed by atoms with E-state index in [1.54, 1.807) is 24.3 Å². The summed E-state index contributed by atoms with van der Waals surface area (Å²) in [5.74, 6) is 0.309. The van der Waals surface area contributed by atoms with E-state index in [1.807, 2.05) is 36.2 Å². The summed E-state index contributed by atoms with van der Waals surface area (Å²) in [5, 5.41) is 21.4. The highest BCUT2D eigenvalue weighted by atomic mass is 16.4. The van der Waals surface area contributed by atoms with Crippen molar-refractivity contribution < 1.29 is 10.3 Å². The zero-order valence-electron chi connectivity index (χ0n) is 11.2. The lowest BCUT2D eigenvalue weighted by Gasteiger charge is -2.22. The summed E-state index contributed by atoms with van der Waals surface area (Å²) in [4.78, 5) is 1.97. The van der Waals surface area contributed by atoms with Crippen LogP contribution in [0.2, 0.25) is 0 Å². The molecule has 0 aromatic heterocycles. The number of para-hydroxylation sites is 1. The molecule has 0 aliphatic carbocycles. The molecule has 5 nitrogen and oxygen atoms in total. The van der Waals surface area contributed by atoms with Crippen LogP contribution in [0.15, 0.2) is 53.7 Å². The molecule has 0 fully saturated rings. The Hall–Kier alpha value is -2.69. The molecular weight excluding hydrogens is 254 g/mol. The van der Waals surface area contributed by atoms with E-state index in [9.17, 15) is 5.11 Å². The maximum Gasteiger partial charge on any atom is 0.172 e. The Morgan fingerprint density at radius 3 is 2.65 bits per heavy atom. The van der Waals surface area contributed by atoms with Gasteiger partial charge in [0.1, 0.15) is 5.75 Å². The number of oxime groups is 1. The van der Waals surface area contributed by atoms with Gasteiger partial charge in [0.05, 0.1) is 0 Å². The van der Waals surface area contributed by atoms with Crippen LogP contribution >= 0.6 is 0 Å². The van der Waals surface area contributed by atoms with Gasteiger partial charge in [-0.15, -0.1) is 0 Å². The molecule has 0 spiro atoms. The van der Waals surface area contributed by atoms with Crippen molar-refractivity contribution in [3.8, 4) is 5.75 Å². The van der Waals surface area contributed by atoms with E-state index in [2.05, 4.69) is 5.16 Å². The van der Waals surface area contributed by atoms with Crippen LogP contribution in [0.1, 0.15) is 11.1 Å². The van der Waals surface area contributed by atoms with Crippen molar-refractivity contribution in [3.05, 3.63) is 59.7 Å². The quantitative estimate of drug-likeness (QED) is 0.344. The normalized spacial score (nSPS) is 11.3. The molecule has 0 unspecified atom stereocenters. The van der Waals surface area contributed by atoms with Crippen molar-refractivity contribution in [1.82, 2.24) is 0 Å². The van der Waals surface area contributed by atoms with Crippen LogP contribution in [0.5, 0.6) is 5.75 Å². The van der Waals surface area contributed by atoms with Gasteiger partial charge in [0, 0.05) is 24.8 Å². The highest BCUT2D eigenvalue weighted by Crippen LogP contribution is 2.22. The number of nitrogens with zero attached hydrogens (tertiary/aromatic N) is 2. The maximum atomic E-state index is 9.49. The van der Waals surface area contributed by atoms with E-state index in [-0.39, 0.29) is 11.6 Å². The Morgan fingerprint density at radius 1 is 1.20 bits per heavy atom. The van der Waals surface area contributed by atoms with E-state index in [1.165, 1.54) is 0 Å². The van der Waals surface area contributed by atoms with Gasteiger partial charge < -0.3 is 20.9 Å². The Morgan fingerprint density at radius 2 is 1.95 bits per heavy atom. The molecule has 2 aromatic rings. The van der Waals surface area contributed by atoms with Gasteiger partial charge in [0.15, 0.2) is 5.84 Å². The number of hydrogen-bond donors (Lipinski definition) is 3. The number of amidine groups is 1. The van der Waals surface area contributed by atoms with E-state index >= 15 is 0 Å². The van der Waals surface area contributed by atoms with Gasteiger partial charge >= 0.3 is 0 Å². The first-order chi connectivity index (χ1) is 9.61. The van der Waals surface area contributed by atoms with Gasteiger partial charge in [-0.3, -0.25) is 0 Å². The standard InChI is InChI=1S/C15H17N3O2/c1-18(10-11-5-4-6-12(19)9-11)14-8-3-2-7-13(14)15(16)17-20/h2-9,19-20H,10H2,1H3,(H2,16,17). The van der Waals surface area contributed by atoms with Gasteiger partial charge in [-0.05, 0) is 29.8 Å². The molecule has 104 valence electrons. The zero-order valence-corrected chi connectivity index (χ0v) is 11.2. The maximum absolute atomic E-state index is 9.49. The summed E-state index contributed by atoms with van der Waals surface area (Å²) in [5.41, 5.74) is 8.18. The molecule has 0 saturated heterocycles. The lowest BCUT2D eigenvalue weighted by atomic mass is 10.1. The van der Waals surface area contributed by atoms with Crippen molar-refractivity contribution in [2.24, 2.45) is 10.9 Å². The van der Waals surface area contributed by atoms with Crippen LogP contribution in [-0.4, -0.2) is 23.2 Å². The number of hydrogen-bond acceptors (Lipinski definition) is 4. The first-order valence-electron chi connectivity index (χ1n) is 6.18. The number of benzene rings is 2. The molecule has 4 N–H and O–H groups in total. The van der Waals surface area contributed by atoms with Crippen LogP contribution in [0.3, 0.4) is 0 Å². The fourth-order valence-electron chi connectivity index (χ4n) is 2.09. The fraction of sp³-hybridized carbons (Fsp3) is 0.133. The Balaban J connectivity index is 2.28.